The maximum atomic E-state index is 4.08. The van der Waals surface area contributed by atoms with Crippen molar-refractivity contribution in [1.29, 1.82) is 0 Å². The van der Waals surface area contributed by atoms with Crippen molar-refractivity contribution in [2.45, 2.75) is 6.04 Å². The molecule has 3 heterocycles. The van der Waals surface area contributed by atoms with Gasteiger partial charge in [0.25, 0.3) is 0 Å². The maximum absolute atomic E-state index is 4.08. The van der Waals surface area contributed by atoms with Gasteiger partial charge in [0.05, 0.1) is 10.6 Å². The van der Waals surface area contributed by atoms with Crippen LogP contribution in [0.1, 0.15) is 16.5 Å². The minimum Gasteiger partial charge on any atom is -0.322 e. The molecular formula is C14H11N5S. The molecule has 0 saturated heterocycles. The van der Waals surface area contributed by atoms with Crippen LogP contribution in [0.25, 0.3) is 5.70 Å². The van der Waals surface area contributed by atoms with Gasteiger partial charge in [-0.15, -0.1) is 11.3 Å². The molecule has 0 bridgehead atoms. The van der Waals surface area contributed by atoms with Gasteiger partial charge in [0.1, 0.15) is 6.04 Å². The summed E-state index contributed by atoms with van der Waals surface area (Å²) in [7, 11) is 0. The molecule has 4 rings (SSSR count). The molecule has 0 fully saturated rings. The zero-order valence-corrected chi connectivity index (χ0v) is 11.3. The third-order valence-electron chi connectivity index (χ3n) is 3.26. The molecule has 2 aromatic heterocycles. The summed E-state index contributed by atoms with van der Waals surface area (Å²) in [5.41, 5.74) is 2.22. The third kappa shape index (κ3) is 1.81. The number of benzene rings is 1. The van der Waals surface area contributed by atoms with Crippen molar-refractivity contribution in [1.82, 2.24) is 20.2 Å². The molecule has 6 heteroatoms. The van der Waals surface area contributed by atoms with E-state index in [1.54, 1.807) is 16.0 Å². The second-order valence-electron chi connectivity index (χ2n) is 4.49. The van der Waals surface area contributed by atoms with Crippen molar-refractivity contribution >= 4 is 23.0 Å². The number of tetrazole rings is 1. The maximum Gasteiger partial charge on any atom is 0.248 e. The monoisotopic (exact) mass is 281 g/mol. The van der Waals surface area contributed by atoms with E-state index >= 15 is 0 Å². The molecule has 0 radical (unpaired) electrons. The van der Waals surface area contributed by atoms with Crippen LogP contribution in [-0.2, 0) is 0 Å². The summed E-state index contributed by atoms with van der Waals surface area (Å²) in [6, 6.07) is 14.4. The van der Waals surface area contributed by atoms with Gasteiger partial charge in [-0.3, -0.25) is 0 Å². The second-order valence-corrected chi connectivity index (χ2v) is 5.43. The Morgan fingerprint density at radius 1 is 1.10 bits per heavy atom. The first-order chi connectivity index (χ1) is 9.92. The standard InChI is InChI=1S/C14H11N5S/c1-2-5-10(6-3-1)12-9-11(13-7-4-8-20-13)15-14-16-17-18-19(12)14/h1-9,12H,(H,15,16,18)/t12-/m0/s1. The first-order valence-corrected chi connectivity index (χ1v) is 7.15. The average Bonchev–Trinajstić information content (AvgIpc) is 3.18. The van der Waals surface area contributed by atoms with Gasteiger partial charge in [0.2, 0.25) is 5.95 Å². The Hall–Kier alpha value is -2.47. The molecular weight excluding hydrogens is 270 g/mol. The number of anilines is 1. The van der Waals surface area contributed by atoms with Crippen LogP contribution in [0.3, 0.4) is 0 Å². The minimum atomic E-state index is 0.0135. The summed E-state index contributed by atoms with van der Waals surface area (Å²) >= 11 is 1.70. The Bertz CT molecular complexity index is 745. The lowest BCUT2D eigenvalue weighted by Crippen LogP contribution is -2.19. The van der Waals surface area contributed by atoms with Crippen LogP contribution in [0.5, 0.6) is 0 Å². The summed E-state index contributed by atoms with van der Waals surface area (Å²) < 4.78 is 1.80. The number of fused-ring (bicyclic) bond motifs is 1. The summed E-state index contributed by atoms with van der Waals surface area (Å²) in [6.45, 7) is 0. The molecule has 1 atom stereocenters. The summed E-state index contributed by atoms with van der Waals surface area (Å²) in [4.78, 5) is 1.18. The smallest absolute Gasteiger partial charge is 0.248 e. The van der Waals surface area contributed by atoms with Crippen LogP contribution < -0.4 is 5.32 Å². The number of rotatable bonds is 2. The Labute approximate surface area is 119 Å². The predicted octanol–water partition coefficient (Wildman–Crippen LogP) is 2.79. The van der Waals surface area contributed by atoms with Gasteiger partial charge in [0, 0.05) is 0 Å². The zero-order valence-electron chi connectivity index (χ0n) is 10.5. The van der Waals surface area contributed by atoms with E-state index in [2.05, 4.69) is 50.5 Å². The van der Waals surface area contributed by atoms with Gasteiger partial charge >= 0.3 is 0 Å². The molecule has 20 heavy (non-hydrogen) atoms. The normalized spacial score (nSPS) is 17.2. The van der Waals surface area contributed by atoms with E-state index in [9.17, 15) is 0 Å². The van der Waals surface area contributed by atoms with Crippen molar-refractivity contribution in [3.8, 4) is 0 Å². The average molecular weight is 281 g/mol. The number of nitrogens with one attached hydrogen (secondary N) is 1. The fourth-order valence-electron chi connectivity index (χ4n) is 2.32. The molecule has 0 amide bonds. The van der Waals surface area contributed by atoms with Gasteiger partial charge in [-0.05, 0) is 33.5 Å². The van der Waals surface area contributed by atoms with E-state index in [0.29, 0.717) is 5.95 Å². The van der Waals surface area contributed by atoms with Gasteiger partial charge in [-0.25, -0.2) is 0 Å². The van der Waals surface area contributed by atoms with Crippen LogP contribution in [0.2, 0.25) is 0 Å². The molecule has 1 aliphatic rings. The predicted molar refractivity (Wildman–Crippen MR) is 78.3 cm³/mol. The Morgan fingerprint density at radius 2 is 2.00 bits per heavy atom. The van der Waals surface area contributed by atoms with E-state index in [4.69, 9.17) is 0 Å². The zero-order chi connectivity index (χ0) is 13.4. The second kappa shape index (κ2) is 4.57. The highest BCUT2D eigenvalue weighted by Gasteiger charge is 2.24. The van der Waals surface area contributed by atoms with Gasteiger partial charge < -0.3 is 5.32 Å². The van der Waals surface area contributed by atoms with Crippen molar-refractivity contribution in [2.24, 2.45) is 0 Å². The van der Waals surface area contributed by atoms with Crippen molar-refractivity contribution in [3.05, 3.63) is 64.4 Å². The van der Waals surface area contributed by atoms with E-state index < -0.39 is 0 Å². The number of nitrogens with zero attached hydrogens (tertiary/aromatic N) is 4. The fraction of sp³-hybridized carbons (Fsp3) is 0.0714. The first-order valence-electron chi connectivity index (χ1n) is 6.27. The van der Waals surface area contributed by atoms with E-state index in [1.165, 1.54) is 4.88 Å². The third-order valence-corrected chi connectivity index (χ3v) is 4.16. The van der Waals surface area contributed by atoms with E-state index in [-0.39, 0.29) is 6.04 Å². The molecule has 1 N–H and O–H groups in total. The molecule has 3 aromatic rings. The number of hydrogen-bond acceptors (Lipinski definition) is 5. The molecule has 98 valence electrons. The summed E-state index contributed by atoms with van der Waals surface area (Å²) in [5.74, 6) is 0.671. The van der Waals surface area contributed by atoms with Crippen molar-refractivity contribution < 1.29 is 0 Å². The van der Waals surface area contributed by atoms with E-state index in [0.717, 1.165) is 11.3 Å². The number of thiophene rings is 1. The van der Waals surface area contributed by atoms with Crippen LogP contribution >= 0.6 is 11.3 Å². The van der Waals surface area contributed by atoms with Crippen molar-refractivity contribution in [2.75, 3.05) is 5.32 Å². The highest BCUT2D eigenvalue weighted by molar-refractivity contribution is 7.11. The van der Waals surface area contributed by atoms with Crippen LogP contribution in [0.15, 0.2) is 53.9 Å². The van der Waals surface area contributed by atoms with E-state index in [1.807, 2.05) is 24.3 Å². The lowest BCUT2D eigenvalue weighted by atomic mass is 10.0. The highest BCUT2D eigenvalue weighted by atomic mass is 32.1. The number of hydrogen-bond donors (Lipinski definition) is 1. The minimum absolute atomic E-state index is 0.0135. The van der Waals surface area contributed by atoms with Gasteiger partial charge in [-0.2, -0.15) is 4.68 Å². The number of aromatic nitrogens is 4. The molecule has 5 nitrogen and oxygen atoms in total. The fourth-order valence-corrected chi connectivity index (χ4v) is 3.02. The van der Waals surface area contributed by atoms with Crippen molar-refractivity contribution in [3.63, 3.8) is 0 Å². The molecule has 0 saturated carbocycles. The summed E-state index contributed by atoms with van der Waals surface area (Å²) in [6.07, 6.45) is 2.16. The van der Waals surface area contributed by atoms with Crippen LogP contribution in [0, 0.1) is 0 Å². The van der Waals surface area contributed by atoms with Gasteiger partial charge in [-0.1, -0.05) is 41.5 Å². The Balaban J connectivity index is 1.84. The summed E-state index contributed by atoms with van der Waals surface area (Å²) in [5, 5.41) is 17.2. The Morgan fingerprint density at radius 3 is 2.80 bits per heavy atom. The Kier molecular flexibility index (Phi) is 2.60. The molecule has 0 aliphatic carbocycles. The highest BCUT2D eigenvalue weighted by Crippen LogP contribution is 2.32. The molecule has 1 aliphatic heterocycles. The molecule has 0 unspecified atom stereocenters. The topological polar surface area (TPSA) is 55.6 Å². The largest absolute Gasteiger partial charge is 0.322 e. The van der Waals surface area contributed by atoms with Crippen LogP contribution in [-0.4, -0.2) is 20.2 Å². The molecule has 1 aromatic carbocycles. The number of allylic oxidation sites excluding steroid dienone is 1. The molecule has 0 spiro atoms. The lowest BCUT2D eigenvalue weighted by Gasteiger charge is -2.22. The first kappa shape index (κ1) is 11.4. The SMILES string of the molecule is C1=C(c2cccs2)Nc2nnnn2[C@@H]1c1ccccc1. The van der Waals surface area contributed by atoms with Crippen LogP contribution in [0.4, 0.5) is 5.95 Å². The quantitative estimate of drug-likeness (QED) is 0.784. The lowest BCUT2D eigenvalue weighted by molar-refractivity contribution is 0.586. The van der Waals surface area contributed by atoms with Gasteiger partial charge in [0.15, 0.2) is 0 Å².